The van der Waals surface area contributed by atoms with E-state index in [0.717, 1.165) is 12.0 Å². The minimum absolute atomic E-state index is 0.0159. The largest absolute Gasteiger partial charge is 0.451 e. The molecule has 0 radical (unpaired) electrons. The van der Waals surface area contributed by atoms with Gasteiger partial charge < -0.3 is 19.3 Å². The minimum atomic E-state index is -1.86. The Balaban J connectivity index is 1.38. The first-order valence-corrected chi connectivity index (χ1v) is 14.2. The van der Waals surface area contributed by atoms with E-state index in [9.17, 15) is 14.7 Å². The number of ketones is 1. The molecule has 2 unspecified atom stereocenters. The van der Waals surface area contributed by atoms with Crippen molar-refractivity contribution in [3.05, 3.63) is 59.3 Å². The molecule has 1 spiro atoms. The van der Waals surface area contributed by atoms with Crippen LogP contribution in [0.15, 0.2) is 53.8 Å². The number of rotatable bonds is 2. The molecule has 8 nitrogen and oxygen atoms in total. The van der Waals surface area contributed by atoms with Gasteiger partial charge in [-0.1, -0.05) is 51.1 Å². The van der Waals surface area contributed by atoms with E-state index in [1.807, 2.05) is 31.2 Å². The Morgan fingerprint density at radius 2 is 1.93 bits per heavy atom. The van der Waals surface area contributed by atoms with Gasteiger partial charge >= 0.3 is 5.97 Å². The Bertz CT molecular complexity index is 1520. The van der Waals surface area contributed by atoms with Gasteiger partial charge in [0.15, 0.2) is 23.3 Å². The molecule has 7 rings (SSSR count). The molecule has 0 amide bonds. The van der Waals surface area contributed by atoms with Gasteiger partial charge in [0, 0.05) is 11.3 Å². The van der Waals surface area contributed by atoms with Crippen molar-refractivity contribution in [3.63, 3.8) is 0 Å². The predicted molar refractivity (Wildman–Crippen MR) is 146 cm³/mol. The molecule has 2 heterocycles. The van der Waals surface area contributed by atoms with Gasteiger partial charge in [-0.15, -0.1) is 0 Å². The molecule has 4 aliphatic carbocycles. The number of hydrogen-bond acceptors (Lipinski definition) is 8. The average molecular weight is 545 g/mol. The Morgan fingerprint density at radius 3 is 2.70 bits per heavy atom. The molecule has 2 bridgehead atoms. The Kier molecular flexibility index (Phi) is 5.25. The van der Waals surface area contributed by atoms with E-state index < -0.39 is 35.0 Å². The van der Waals surface area contributed by atoms with E-state index in [1.54, 1.807) is 26.0 Å². The van der Waals surface area contributed by atoms with Crippen LogP contribution in [0.4, 0.5) is 0 Å². The normalized spacial score (nSPS) is 40.5. The minimum Gasteiger partial charge on any atom is -0.451 e. The highest BCUT2D eigenvalue weighted by Crippen LogP contribution is 2.72. The molecular formula is C32H36N2O6. The third-order valence-electron chi connectivity index (χ3n) is 10.7. The highest BCUT2D eigenvalue weighted by atomic mass is 16.7. The molecule has 3 fully saturated rings. The summed E-state index contributed by atoms with van der Waals surface area (Å²) in [6, 6.07) is 7.22. The third kappa shape index (κ3) is 3.18. The number of carbonyl (C=O) groups is 2. The number of esters is 1. The fourth-order valence-corrected chi connectivity index (χ4v) is 8.64. The van der Waals surface area contributed by atoms with Gasteiger partial charge in [-0.3, -0.25) is 4.79 Å². The van der Waals surface area contributed by atoms with E-state index in [1.165, 1.54) is 6.20 Å². The van der Waals surface area contributed by atoms with Crippen LogP contribution in [0.1, 0.15) is 58.3 Å². The summed E-state index contributed by atoms with van der Waals surface area (Å²) >= 11 is 0. The number of aromatic nitrogens is 2. The van der Waals surface area contributed by atoms with Gasteiger partial charge in [0.05, 0.1) is 29.3 Å². The number of carbonyl (C=O) groups excluding carboxylic acids is 2. The molecular weight excluding hydrogens is 508 g/mol. The zero-order chi connectivity index (χ0) is 28.4. The number of allylic oxidation sites excluding steroid dienone is 1. The van der Waals surface area contributed by atoms with Crippen molar-refractivity contribution in [2.75, 3.05) is 6.61 Å². The standard InChI is InChI=1S/C32H36N2O6/c1-16-13-31-17(2)11-22-24(29(22,3)4)20(25(31)35)12-18-15-38-30(5,6)40-27(18)32(31,37)26(16)39-28(36)21-14-33-34-23-10-8-7-9-19(21)23/h7-10,12-14,17,20,22,24,26-27,37H,11,15H2,1-6H3/t17?,20-,22+,24-,26-,27+,31?,32+/m0/s1. The van der Waals surface area contributed by atoms with Crippen LogP contribution >= 0.6 is 0 Å². The van der Waals surface area contributed by atoms with Crippen molar-refractivity contribution in [3.8, 4) is 0 Å². The van der Waals surface area contributed by atoms with E-state index >= 15 is 0 Å². The first kappa shape index (κ1) is 26.0. The Morgan fingerprint density at radius 1 is 1.18 bits per heavy atom. The van der Waals surface area contributed by atoms with E-state index in [0.29, 0.717) is 22.4 Å². The monoisotopic (exact) mass is 544 g/mol. The van der Waals surface area contributed by atoms with E-state index in [2.05, 4.69) is 31.0 Å². The zero-order valence-corrected chi connectivity index (χ0v) is 23.8. The third-order valence-corrected chi connectivity index (χ3v) is 10.7. The van der Waals surface area contributed by atoms with Crippen LogP contribution in [0.5, 0.6) is 0 Å². The van der Waals surface area contributed by atoms with Crippen molar-refractivity contribution < 1.29 is 28.9 Å². The number of aliphatic hydroxyl groups is 1. The quantitative estimate of drug-likeness (QED) is 0.437. The number of nitrogens with zero attached hydrogens (tertiary/aromatic N) is 2. The van der Waals surface area contributed by atoms with Crippen molar-refractivity contribution in [2.24, 2.45) is 34.5 Å². The lowest BCUT2D eigenvalue weighted by atomic mass is 9.59. The van der Waals surface area contributed by atoms with Crippen LogP contribution in [0, 0.1) is 34.5 Å². The van der Waals surface area contributed by atoms with E-state index in [-0.39, 0.29) is 41.1 Å². The van der Waals surface area contributed by atoms with Crippen LogP contribution in [0.2, 0.25) is 0 Å². The zero-order valence-electron chi connectivity index (χ0n) is 23.8. The molecule has 1 saturated heterocycles. The molecule has 2 aromatic rings. The molecule has 40 heavy (non-hydrogen) atoms. The summed E-state index contributed by atoms with van der Waals surface area (Å²) in [6.45, 7) is 12.2. The summed E-state index contributed by atoms with van der Waals surface area (Å²) in [7, 11) is 0. The summed E-state index contributed by atoms with van der Waals surface area (Å²) in [5, 5.41) is 21.9. The molecule has 2 saturated carbocycles. The van der Waals surface area contributed by atoms with Gasteiger partial charge in [-0.2, -0.15) is 10.2 Å². The maximum atomic E-state index is 14.8. The average Bonchev–Trinajstić information content (AvgIpc) is 3.40. The highest BCUT2D eigenvalue weighted by Gasteiger charge is 2.77. The fourth-order valence-electron chi connectivity index (χ4n) is 8.64. The molecule has 1 aromatic carbocycles. The fraction of sp³-hybridized carbons (Fsp3) is 0.562. The van der Waals surface area contributed by atoms with Crippen molar-refractivity contribution in [1.82, 2.24) is 10.2 Å². The summed E-state index contributed by atoms with van der Waals surface area (Å²) in [5.41, 5.74) is -0.922. The molecule has 210 valence electrons. The summed E-state index contributed by atoms with van der Waals surface area (Å²) in [5.74, 6) is -1.69. The van der Waals surface area contributed by atoms with Crippen molar-refractivity contribution in [1.29, 1.82) is 0 Å². The van der Waals surface area contributed by atoms with Gasteiger partial charge in [0.25, 0.3) is 0 Å². The molecule has 5 aliphatic rings. The van der Waals surface area contributed by atoms with Crippen molar-refractivity contribution >= 4 is 22.7 Å². The van der Waals surface area contributed by atoms with Gasteiger partial charge in [0.2, 0.25) is 0 Å². The number of benzene rings is 1. The molecule has 8 heteroatoms. The second-order valence-corrected chi connectivity index (χ2v) is 13.6. The highest BCUT2D eigenvalue weighted by molar-refractivity contribution is 6.03. The number of ether oxygens (including phenoxy) is 3. The lowest BCUT2D eigenvalue weighted by molar-refractivity contribution is -0.302. The smallest absolute Gasteiger partial charge is 0.341 e. The van der Waals surface area contributed by atoms with Crippen LogP contribution in [0.25, 0.3) is 10.9 Å². The molecule has 1 N–H and O–H groups in total. The van der Waals surface area contributed by atoms with Crippen LogP contribution < -0.4 is 0 Å². The second kappa shape index (κ2) is 8.08. The Hall–Kier alpha value is -2.94. The summed E-state index contributed by atoms with van der Waals surface area (Å²) in [4.78, 5) is 28.6. The maximum Gasteiger partial charge on any atom is 0.341 e. The second-order valence-electron chi connectivity index (χ2n) is 13.6. The maximum absolute atomic E-state index is 14.8. The molecule has 1 aromatic heterocycles. The first-order valence-electron chi connectivity index (χ1n) is 14.2. The van der Waals surface area contributed by atoms with Gasteiger partial charge in [-0.25, -0.2) is 4.79 Å². The van der Waals surface area contributed by atoms with Gasteiger partial charge in [-0.05, 0) is 67.6 Å². The van der Waals surface area contributed by atoms with Crippen LogP contribution in [-0.4, -0.2) is 57.3 Å². The Labute approximate surface area is 233 Å². The predicted octanol–water partition coefficient (Wildman–Crippen LogP) is 4.42. The SMILES string of the molecule is CC1=CC23C(=O)[C@@H](C=C4COC(C)(C)O[C@H]4[C@]2(O)[C@H]1OC(=O)c1cnnc2ccccc12)[C@H]1[C@@H](CC3C)C1(C)C. The van der Waals surface area contributed by atoms with Gasteiger partial charge in [0.1, 0.15) is 6.10 Å². The lowest BCUT2D eigenvalue weighted by Gasteiger charge is -2.52. The summed E-state index contributed by atoms with van der Waals surface area (Å²) < 4.78 is 18.8. The summed E-state index contributed by atoms with van der Waals surface area (Å²) in [6.07, 6.45) is 4.07. The first-order chi connectivity index (χ1) is 18.8. The van der Waals surface area contributed by atoms with E-state index in [4.69, 9.17) is 14.2 Å². The van der Waals surface area contributed by atoms with Crippen LogP contribution in [0.3, 0.4) is 0 Å². The number of hydrogen-bond donors (Lipinski definition) is 1. The lowest BCUT2D eigenvalue weighted by Crippen LogP contribution is -2.68. The van der Waals surface area contributed by atoms with Crippen molar-refractivity contribution in [2.45, 2.75) is 71.6 Å². The topological polar surface area (TPSA) is 108 Å². The number of fused-ring (bicyclic) bond motifs is 6. The molecule has 8 atom stereocenters. The van der Waals surface area contributed by atoms with Crippen LogP contribution in [-0.2, 0) is 19.0 Å². The molecule has 1 aliphatic heterocycles. The number of Topliss-reactive ketones (excluding diaryl/α,β-unsaturated/α-hetero) is 1.